The van der Waals surface area contributed by atoms with Crippen molar-refractivity contribution < 1.29 is 9.76 Å². The van der Waals surface area contributed by atoms with Crippen molar-refractivity contribution in [2.24, 2.45) is 0 Å². The Morgan fingerprint density at radius 1 is 1.27 bits per heavy atom. The number of hydrogen-bond acceptors (Lipinski definition) is 2. The van der Waals surface area contributed by atoms with Crippen LogP contribution >= 0.6 is 0 Å². The van der Waals surface area contributed by atoms with Crippen LogP contribution in [0.5, 0.6) is 0 Å². The third kappa shape index (κ3) is 1.77. The Bertz CT molecular complexity index is 253. The topological polar surface area (TPSA) is 29.3 Å². The largest absolute Gasteiger partial charge is 0.316 e. The van der Waals surface area contributed by atoms with Crippen molar-refractivity contribution in [3.63, 3.8) is 0 Å². The standard InChI is InChI=1S/C8H10NO2/c1-7-3-5-8(6-4-7)9(10)11-2/h3-6H,1-2H3/q+1. The van der Waals surface area contributed by atoms with E-state index in [1.807, 2.05) is 19.1 Å². The lowest BCUT2D eigenvalue weighted by molar-refractivity contribution is -0.736. The summed E-state index contributed by atoms with van der Waals surface area (Å²) >= 11 is 0. The maximum Gasteiger partial charge on any atom is 0.316 e. The summed E-state index contributed by atoms with van der Waals surface area (Å²) in [5.41, 5.74) is 1.64. The average molecular weight is 152 g/mol. The monoisotopic (exact) mass is 152 g/mol. The van der Waals surface area contributed by atoms with Gasteiger partial charge in [-0.3, -0.25) is 0 Å². The van der Waals surface area contributed by atoms with Crippen molar-refractivity contribution in [3.8, 4) is 0 Å². The number of aryl methyl sites for hydroxylation is 1. The van der Waals surface area contributed by atoms with E-state index in [1.165, 1.54) is 7.11 Å². The SMILES string of the molecule is CO[N+](=O)c1ccc(C)cc1. The molecule has 0 heterocycles. The van der Waals surface area contributed by atoms with Crippen molar-refractivity contribution in [3.05, 3.63) is 34.7 Å². The number of hydrogen-bond donors (Lipinski definition) is 0. The van der Waals surface area contributed by atoms with Crippen LogP contribution in [-0.4, -0.2) is 12.0 Å². The van der Waals surface area contributed by atoms with Crippen LogP contribution in [0.2, 0.25) is 0 Å². The van der Waals surface area contributed by atoms with Gasteiger partial charge in [0.25, 0.3) is 4.92 Å². The maximum absolute atomic E-state index is 10.8. The molecule has 0 aliphatic carbocycles. The molecule has 11 heavy (non-hydrogen) atoms. The molecule has 0 bridgehead atoms. The fraction of sp³-hybridized carbons (Fsp3) is 0.250. The first kappa shape index (κ1) is 7.72. The minimum atomic E-state index is 0.472. The van der Waals surface area contributed by atoms with E-state index in [2.05, 4.69) is 4.84 Å². The molecule has 0 aliphatic rings. The summed E-state index contributed by atoms with van der Waals surface area (Å²) in [5, 5.41) is 0. The van der Waals surface area contributed by atoms with Gasteiger partial charge in [-0.25, -0.2) is 4.84 Å². The summed E-state index contributed by atoms with van der Waals surface area (Å²) in [5.74, 6) is 0. The van der Waals surface area contributed by atoms with Crippen LogP contribution < -0.4 is 0 Å². The van der Waals surface area contributed by atoms with Gasteiger partial charge in [0.15, 0.2) is 7.11 Å². The molecule has 0 amide bonds. The first-order valence-corrected chi connectivity index (χ1v) is 3.32. The maximum atomic E-state index is 10.8. The molecule has 0 N–H and O–H groups in total. The van der Waals surface area contributed by atoms with Crippen molar-refractivity contribution in [1.82, 2.24) is 0 Å². The Hall–Kier alpha value is -1.38. The van der Waals surface area contributed by atoms with Gasteiger partial charge in [0.2, 0.25) is 0 Å². The van der Waals surface area contributed by atoms with Gasteiger partial charge in [-0.2, -0.15) is 0 Å². The van der Waals surface area contributed by atoms with Crippen LogP contribution in [0.25, 0.3) is 0 Å². The average Bonchev–Trinajstić information content (AvgIpc) is 2.05. The van der Waals surface area contributed by atoms with E-state index < -0.39 is 0 Å². The second-order valence-electron chi connectivity index (χ2n) is 2.28. The molecule has 0 aromatic heterocycles. The molecule has 0 atom stereocenters. The van der Waals surface area contributed by atoms with E-state index in [9.17, 15) is 4.91 Å². The van der Waals surface area contributed by atoms with E-state index in [4.69, 9.17) is 0 Å². The zero-order chi connectivity index (χ0) is 8.27. The minimum absolute atomic E-state index is 0.472. The van der Waals surface area contributed by atoms with Crippen molar-refractivity contribution >= 4 is 5.69 Å². The highest BCUT2D eigenvalue weighted by atomic mass is 16.8. The van der Waals surface area contributed by atoms with Crippen molar-refractivity contribution in [2.75, 3.05) is 7.11 Å². The summed E-state index contributed by atoms with van der Waals surface area (Å²) in [7, 11) is 1.34. The summed E-state index contributed by atoms with van der Waals surface area (Å²) in [4.78, 5) is 15.7. The lowest BCUT2D eigenvalue weighted by Crippen LogP contribution is -1.97. The van der Waals surface area contributed by atoms with Gasteiger partial charge >= 0.3 is 5.69 Å². The summed E-state index contributed by atoms with van der Waals surface area (Å²) in [6.45, 7) is 1.96. The molecule has 0 spiro atoms. The smallest absolute Gasteiger partial charge is 0.230 e. The molecule has 0 fully saturated rings. The molecule has 0 saturated carbocycles. The summed E-state index contributed by atoms with van der Waals surface area (Å²) in [6, 6.07) is 7.15. The zero-order valence-electron chi connectivity index (χ0n) is 6.57. The molecule has 0 aliphatic heterocycles. The number of rotatable bonds is 2. The Kier molecular flexibility index (Phi) is 2.21. The number of nitrogens with zero attached hydrogens (tertiary/aromatic N) is 1. The van der Waals surface area contributed by atoms with E-state index in [0.717, 1.165) is 5.56 Å². The van der Waals surface area contributed by atoms with E-state index >= 15 is 0 Å². The third-order valence-electron chi connectivity index (χ3n) is 1.41. The Labute approximate surface area is 65.1 Å². The fourth-order valence-corrected chi connectivity index (χ4v) is 0.772. The highest BCUT2D eigenvalue weighted by molar-refractivity contribution is 5.31. The van der Waals surface area contributed by atoms with Gasteiger partial charge in [0, 0.05) is 12.1 Å². The number of benzene rings is 1. The van der Waals surface area contributed by atoms with Crippen LogP contribution in [0.15, 0.2) is 24.3 Å². The molecule has 0 radical (unpaired) electrons. The van der Waals surface area contributed by atoms with Crippen molar-refractivity contribution in [1.29, 1.82) is 0 Å². The molecule has 0 unspecified atom stereocenters. The lowest BCUT2D eigenvalue weighted by Gasteiger charge is -1.89. The van der Waals surface area contributed by atoms with Crippen LogP contribution in [0.1, 0.15) is 5.56 Å². The van der Waals surface area contributed by atoms with Gasteiger partial charge in [-0.1, -0.05) is 17.7 Å². The molecule has 0 saturated heterocycles. The Balaban J connectivity index is 2.90. The third-order valence-corrected chi connectivity index (χ3v) is 1.41. The second-order valence-corrected chi connectivity index (χ2v) is 2.28. The normalized spacial score (nSPS) is 9.27. The highest BCUT2D eigenvalue weighted by Crippen LogP contribution is 2.11. The lowest BCUT2D eigenvalue weighted by atomic mass is 10.2. The molecule has 3 heteroatoms. The van der Waals surface area contributed by atoms with Gasteiger partial charge in [0.1, 0.15) is 0 Å². The van der Waals surface area contributed by atoms with Crippen molar-refractivity contribution in [2.45, 2.75) is 6.92 Å². The summed E-state index contributed by atoms with van der Waals surface area (Å²) < 4.78 is 0. The second kappa shape index (κ2) is 3.14. The highest BCUT2D eigenvalue weighted by Gasteiger charge is 2.11. The van der Waals surface area contributed by atoms with E-state index in [-0.39, 0.29) is 0 Å². The minimum Gasteiger partial charge on any atom is -0.230 e. The molecule has 1 aromatic rings. The Morgan fingerprint density at radius 2 is 1.82 bits per heavy atom. The van der Waals surface area contributed by atoms with Crippen LogP contribution in [0.4, 0.5) is 5.69 Å². The van der Waals surface area contributed by atoms with E-state index in [1.54, 1.807) is 12.1 Å². The molecule has 3 nitrogen and oxygen atoms in total. The van der Waals surface area contributed by atoms with Gasteiger partial charge in [-0.15, -0.1) is 0 Å². The molecular formula is C8H10NO2+. The van der Waals surface area contributed by atoms with Gasteiger partial charge in [-0.05, 0) is 6.92 Å². The van der Waals surface area contributed by atoms with Crippen LogP contribution in [-0.2, 0) is 4.84 Å². The summed E-state index contributed by atoms with van der Waals surface area (Å²) in [6.07, 6.45) is 0. The molecule has 1 aromatic carbocycles. The predicted molar refractivity (Wildman–Crippen MR) is 41.5 cm³/mol. The molecule has 1 rings (SSSR count). The predicted octanol–water partition coefficient (Wildman–Crippen LogP) is 1.97. The molecular weight excluding hydrogens is 142 g/mol. The fourth-order valence-electron chi connectivity index (χ4n) is 0.772. The zero-order valence-corrected chi connectivity index (χ0v) is 6.57. The van der Waals surface area contributed by atoms with E-state index in [0.29, 0.717) is 10.6 Å². The Morgan fingerprint density at radius 3 is 2.27 bits per heavy atom. The molecule has 58 valence electrons. The van der Waals surface area contributed by atoms with Crippen LogP contribution in [0, 0.1) is 11.8 Å². The quantitative estimate of drug-likeness (QED) is 0.606. The van der Waals surface area contributed by atoms with Gasteiger partial charge in [0.05, 0.1) is 4.91 Å². The first-order valence-electron chi connectivity index (χ1n) is 3.32. The van der Waals surface area contributed by atoms with Gasteiger partial charge < -0.3 is 0 Å². The first-order chi connectivity index (χ1) is 5.24. The van der Waals surface area contributed by atoms with Crippen LogP contribution in [0.3, 0.4) is 0 Å².